The van der Waals surface area contributed by atoms with Crippen molar-refractivity contribution < 1.29 is 14.1 Å². The summed E-state index contributed by atoms with van der Waals surface area (Å²) in [7, 11) is 0. The molecule has 1 fully saturated rings. The van der Waals surface area contributed by atoms with Crippen molar-refractivity contribution in [2.45, 2.75) is 45.2 Å². The van der Waals surface area contributed by atoms with E-state index in [1.807, 2.05) is 59.8 Å². The number of likely N-dealkylation sites (tertiary alicyclic amines) is 1. The van der Waals surface area contributed by atoms with Crippen LogP contribution in [0.15, 0.2) is 47.1 Å². The lowest BCUT2D eigenvalue weighted by Crippen LogP contribution is -2.54. The number of aryl methyl sites for hydroxylation is 2. The zero-order valence-corrected chi connectivity index (χ0v) is 17.7. The van der Waals surface area contributed by atoms with Gasteiger partial charge in [-0.2, -0.15) is 5.10 Å². The fraction of sp³-hybridized carbons (Fsp3) is 0.391. The third-order valence-electron chi connectivity index (χ3n) is 6.41. The number of aromatic nitrogens is 3. The molecule has 1 saturated heterocycles. The molecule has 0 radical (unpaired) electrons. The van der Waals surface area contributed by atoms with Crippen molar-refractivity contribution in [3.63, 3.8) is 0 Å². The molecule has 1 spiro atoms. The maximum absolute atomic E-state index is 13.2. The Kier molecular flexibility index (Phi) is 4.64. The lowest BCUT2D eigenvalue weighted by Gasteiger charge is -2.46. The Morgan fingerprint density at radius 3 is 2.55 bits per heavy atom. The molecule has 2 aromatic heterocycles. The van der Waals surface area contributed by atoms with Crippen molar-refractivity contribution >= 4 is 17.6 Å². The monoisotopic (exact) mass is 419 g/mol. The summed E-state index contributed by atoms with van der Waals surface area (Å²) < 4.78 is 7.13. The SMILES string of the molecule is Cc1ccc(C(=O)N2CCC3(CC2)CC(=O)N(Cc2cc(C)on2)c2ccnn23)cc1. The Morgan fingerprint density at radius 1 is 1.13 bits per heavy atom. The van der Waals surface area contributed by atoms with Gasteiger partial charge in [0.2, 0.25) is 5.91 Å². The molecule has 0 aliphatic carbocycles. The van der Waals surface area contributed by atoms with Gasteiger partial charge in [-0.25, -0.2) is 4.68 Å². The summed E-state index contributed by atoms with van der Waals surface area (Å²) in [4.78, 5) is 29.7. The van der Waals surface area contributed by atoms with Gasteiger partial charge in [0.15, 0.2) is 0 Å². The predicted octanol–water partition coefficient (Wildman–Crippen LogP) is 3.06. The van der Waals surface area contributed by atoms with Gasteiger partial charge in [-0.05, 0) is 38.8 Å². The molecule has 5 rings (SSSR count). The number of nitrogens with zero attached hydrogens (tertiary/aromatic N) is 5. The van der Waals surface area contributed by atoms with Crippen molar-refractivity contribution in [2.24, 2.45) is 0 Å². The summed E-state index contributed by atoms with van der Waals surface area (Å²) in [5.41, 5.74) is 2.16. The van der Waals surface area contributed by atoms with Crippen molar-refractivity contribution in [1.29, 1.82) is 0 Å². The van der Waals surface area contributed by atoms with E-state index >= 15 is 0 Å². The number of hydrogen-bond acceptors (Lipinski definition) is 5. The number of carbonyl (C=O) groups is 2. The van der Waals surface area contributed by atoms with Crippen LogP contribution in [0.25, 0.3) is 0 Å². The number of amides is 2. The molecule has 0 bridgehead atoms. The number of hydrogen-bond donors (Lipinski definition) is 0. The number of piperidine rings is 1. The molecule has 2 amide bonds. The molecule has 0 saturated carbocycles. The van der Waals surface area contributed by atoms with Crippen LogP contribution in [0.4, 0.5) is 5.82 Å². The standard InChI is InChI=1S/C23H25N5O3/c1-16-3-5-18(6-4-16)22(30)26-11-8-23(9-12-26)14-21(29)27(20-7-10-24-28(20)23)15-19-13-17(2)31-25-19/h3-7,10,13H,8-9,11-12,14-15H2,1-2H3. The van der Waals surface area contributed by atoms with E-state index in [-0.39, 0.29) is 11.8 Å². The summed E-state index contributed by atoms with van der Waals surface area (Å²) in [6.07, 6.45) is 3.50. The third-order valence-corrected chi connectivity index (χ3v) is 6.41. The molecule has 8 nitrogen and oxygen atoms in total. The molecule has 4 heterocycles. The molecule has 2 aliphatic heterocycles. The van der Waals surface area contributed by atoms with Gasteiger partial charge in [-0.3, -0.25) is 14.5 Å². The van der Waals surface area contributed by atoms with E-state index in [1.54, 1.807) is 11.1 Å². The van der Waals surface area contributed by atoms with Gasteiger partial charge < -0.3 is 9.42 Å². The smallest absolute Gasteiger partial charge is 0.253 e. The number of benzene rings is 1. The Bertz CT molecular complexity index is 1120. The van der Waals surface area contributed by atoms with Crippen molar-refractivity contribution in [2.75, 3.05) is 18.0 Å². The number of fused-ring (bicyclic) bond motifs is 2. The van der Waals surface area contributed by atoms with Gasteiger partial charge in [0.25, 0.3) is 5.91 Å². The number of rotatable bonds is 3. The van der Waals surface area contributed by atoms with Crippen LogP contribution in [0, 0.1) is 13.8 Å². The minimum atomic E-state index is -0.393. The first-order valence-corrected chi connectivity index (χ1v) is 10.6. The highest BCUT2D eigenvalue weighted by atomic mass is 16.5. The summed E-state index contributed by atoms with van der Waals surface area (Å²) in [5.74, 6) is 1.58. The van der Waals surface area contributed by atoms with Crippen LogP contribution in [-0.2, 0) is 16.9 Å². The van der Waals surface area contributed by atoms with Gasteiger partial charge >= 0.3 is 0 Å². The predicted molar refractivity (Wildman–Crippen MR) is 114 cm³/mol. The first kappa shape index (κ1) is 19.5. The Hall–Kier alpha value is -3.42. The Morgan fingerprint density at radius 2 is 1.87 bits per heavy atom. The molecule has 160 valence electrons. The van der Waals surface area contributed by atoms with Crippen LogP contribution in [0.5, 0.6) is 0 Å². The first-order chi connectivity index (χ1) is 14.9. The largest absolute Gasteiger partial charge is 0.361 e. The number of carbonyl (C=O) groups excluding carboxylic acids is 2. The molecule has 8 heteroatoms. The van der Waals surface area contributed by atoms with E-state index in [2.05, 4.69) is 10.3 Å². The normalized spacial score (nSPS) is 17.8. The Balaban J connectivity index is 1.35. The van der Waals surface area contributed by atoms with Gasteiger partial charge in [0, 0.05) is 30.8 Å². The molecular weight excluding hydrogens is 394 g/mol. The maximum atomic E-state index is 13.2. The number of anilines is 1. The molecule has 0 N–H and O–H groups in total. The fourth-order valence-electron chi connectivity index (χ4n) is 4.66. The Labute approximate surface area is 180 Å². The van der Waals surface area contributed by atoms with Crippen LogP contribution >= 0.6 is 0 Å². The second-order valence-electron chi connectivity index (χ2n) is 8.57. The molecule has 31 heavy (non-hydrogen) atoms. The van der Waals surface area contributed by atoms with E-state index in [1.165, 1.54) is 0 Å². The van der Waals surface area contributed by atoms with Crippen LogP contribution in [0.3, 0.4) is 0 Å². The highest BCUT2D eigenvalue weighted by Crippen LogP contribution is 2.41. The van der Waals surface area contributed by atoms with E-state index < -0.39 is 5.54 Å². The topological polar surface area (TPSA) is 84.5 Å². The van der Waals surface area contributed by atoms with Crippen LogP contribution in [-0.4, -0.2) is 44.7 Å². The van der Waals surface area contributed by atoms with Crippen molar-refractivity contribution in [3.05, 3.63) is 65.2 Å². The van der Waals surface area contributed by atoms with Gasteiger partial charge in [-0.15, -0.1) is 0 Å². The first-order valence-electron chi connectivity index (χ1n) is 10.6. The van der Waals surface area contributed by atoms with E-state index in [4.69, 9.17) is 4.52 Å². The zero-order valence-electron chi connectivity index (χ0n) is 17.7. The summed E-state index contributed by atoms with van der Waals surface area (Å²) >= 11 is 0. The molecule has 2 aliphatic rings. The van der Waals surface area contributed by atoms with Gasteiger partial charge in [0.1, 0.15) is 17.3 Å². The van der Waals surface area contributed by atoms with Gasteiger partial charge in [-0.1, -0.05) is 22.9 Å². The minimum absolute atomic E-state index is 0.0423. The highest BCUT2D eigenvalue weighted by Gasteiger charge is 2.46. The van der Waals surface area contributed by atoms with Gasteiger partial charge in [0.05, 0.1) is 24.7 Å². The molecule has 3 aromatic rings. The van der Waals surface area contributed by atoms with Crippen LogP contribution < -0.4 is 4.90 Å². The quantitative estimate of drug-likeness (QED) is 0.651. The zero-order chi connectivity index (χ0) is 21.6. The third kappa shape index (κ3) is 3.41. The molecule has 0 atom stereocenters. The minimum Gasteiger partial charge on any atom is -0.361 e. The fourth-order valence-corrected chi connectivity index (χ4v) is 4.66. The average molecular weight is 419 g/mol. The maximum Gasteiger partial charge on any atom is 0.253 e. The molecular formula is C23H25N5O3. The van der Waals surface area contributed by atoms with Crippen LogP contribution in [0.1, 0.15) is 46.6 Å². The molecule has 0 unspecified atom stereocenters. The van der Waals surface area contributed by atoms with E-state index in [9.17, 15) is 9.59 Å². The second kappa shape index (κ2) is 7.37. The van der Waals surface area contributed by atoms with E-state index in [0.29, 0.717) is 50.2 Å². The molecule has 1 aromatic carbocycles. The lowest BCUT2D eigenvalue weighted by molar-refractivity contribution is -0.123. The summed E-state index contributed by atoms with van der Waals surface area (Å²) in [5, 5.41) is 8.60. The van der Waals surface area contributed by atoms with Crippen molar-refractivity contribution in [1.82, 2.24) is 19.8 Å². The summed E-state index contributed by atoms with van der Waals surface area (Å²) in [6.45, 7) is 5.40. The van der Waals surface area contributed by atoms with E-state index in [0.717, 1.165) is 17.1 Å². The second-order valence-corrected chi connectivity index (χ2v) is 8.57. The summed E-state index contributed by atoms with van der Waals surface area (Å²) in [6, 6.07) is 11.4. The lowest BCUT2D eigenvalue weighted by atomic mass is 9.82. The highest BCUT2D eigenvalue weighted by molar-refractivity contribution is 5.95. The van der Waals surface area contributed by atoms with Crippen LogP contribution in [0.2, 0.25) is 0 Å². The average Bonchev–Trinajstić information content (AvgIpc) is 3.41. The van der Waals surface area contributed by atoms with Crippen molar-refractivity contribution in [3.8, 4) is 0 Å².